The van der Waals surface area contributed by atoms with Crippen LogP contribution in [0.5, 0.6) is 0 Å². The van der Waals surface area contributed by atoms with Gasteiger partial charge in [-0.3, -0.25) is 9.59 Å². The van der Waals surface area contributed by atoms with Crippen LogP contribution in [0.15, 0.2) is 0 Å². The van der Waals surface area contributed by atoms with Crippen molar-refractivity contribution in [3.63, 3.8) is 0 Å². The Hall–Kier alpha value is -1.10. The highest BCUT2D eigenvalue weighted by Crippen LogP contribution is 2.13. The number of unbranched alkanes of at least 4 members (excludes halogenated alkanes) is 12. The van der Waals surface area contributed by atoms with Crippen LogP contribution in [-0.4, -0.2) is 36.4 Å². The molecule has 0 aliphatic rings. The van der Waals surface area contributed by atoms with Gasteiger partial charge in [0.05, 0.1) is 6.61 Å². The molecule has 0 spiro atoms. The van der Waals surface area contributed by atoms with Gasteiger partial charge in [-0.05, 0) is 12.8 Å². The number of carbonyl (C=O) groups excluding carboxylic acids is 2. The molecular formula is C23H44O5. The van der Waals surface area contributed by atoms with Crippen LogP contribution in [0, 0.1) is 0 Å². The summed E-state index contributed by atoms with van der Waals surface area (Å²) in [4.78, 5) is 23.1. The van der Waals surface area contributed by atoms with Gasteiger partial charge in [0.1, 0.15) is 6.61 Å². The highest BCUT2D eigenvalue weighted by atomic mass is 16.6. The second-order valence-electron chi connectivity index (χ2n) is 7.72. The monoisotopic (exact) mass is 400 g/mol. The average molecular weight is 401 g/mol. The molecule has 1 atom stereocenters. The number of aliphatic hydroxyl groups is 1. The van der Waals surface area contributed by atoms with E-state index in [-0.39, 0.29) is 25.2 Å². The molecule has 0 aromatic heterocycles. The molecule has 0 radical (unpaired) electrons. The molecule has 0 amide bonds. The molecule has 0 saturated heterocycles. The first kappa shape index (κ1) is 26.9. The molecule has 1 N–H and O–H groups in total. The van der Waals surface area contributed by atoms with Gasteiger partial charge in [0.2, 0.25) is 0 Å². The Balaban J connectivity index is 3.47. The minimum absolute atomic E-state index is 0.0698. The zero-order chi connectivity index (χ0) is 20.9. The maximum absolute atomic E-state index is 11.8. The van der Waals surface area contributed by atoms with Crippen molar-refractivity contribution in [2.45, 2.75) is 123 Å². The molecule has 0 aromatic carbocycles. The third-order valence-corrected chi connectivity index (χ3v) is 4.87. The molecule has 0 saturated carbocycles. The van der Waals surface area contributed by atoms with Crippen LogP contribution in [-0.2, 0) is 19.1 Å². The molecule has 5 heteroatoms. The van der Waals surface area contributed by atoms with E-state index < -0.39 is 6.10 Å². The lowest BCUT2D eigenvalue weighted by Gasteiger charge is -2.15. The fourth-order valence-corrected chi connectivity index (χ4v) is 3.12. The fourth-order valence-electron chi connectivity index (χ4n) is 3.12. The van der Waals surface area contributed by atoms with Crippen LogP contribution in [0.25, 0.3) is 0 Å². The summed E-state index contributed by atoms with van der Waals surface area (Å²) in [5.41, 5.74) is 0. The van der Waals surface area contributed by atoms with E-state index in [1.807, 2.05) is 6.92 Å². The molecule has 0 bridgehead atoms. The van der Waals surface area contributed by atoms with Gasteiger partial charge in [-0.15, -0.1) is 0 Å². The molecule has 0 fully saturated rings. The highest BCUT2D eigenvalue weighted by molar-refractivity contribution is 5.70. The van der Waals surface area contributed by atoms with E-state index >= 15 is 0 Å². The summed E-state index contributed by atoms with van der Waals surface area (Å²) >= 11 is 0. The first-order valence-electron chi connectivity index (χ1n) is 11.6. The van der Waals surface area contributed by atoms with Gasteiger partial charge in [0.15, 0.2) is 6.10 Å². The predicted molar refractivity (Wildman–Crippen MR) is 113 cm³/mol. The van der Waals surface area contributed by atoms with Gasteiger partial charge in [-0.25, -0.2) is 0 Å². The molecule has 1 unspecified atom stereocenters. The Labute approximate surface area is 172 Å². The van der Waals surface area contributed by atoms with Crippen LogP contribution < -0.4 is 0 Å². The number of rotatable bonds is 20. The standard InChI is InChI=1S/C23H44O5/c1-3-5-6-7-8-9-10-11-12-13-14-15-16-18-23(26)28-21(19-24)20-27-22(25)17-4-2/h21,24H,3-20H2,1-2H3. The normalized spacial score (nSPS) is 12.0. The molecule has 0 aromatic rings. The quantitative estimate of drug-likeness (QED) is 0.209. The number of carbonyl (C=O) groups is 2. The maximum Gasteiger partial charge on any atom is 0.306 e. The predicted octanol–water partition coefficient (Wildman–Crippen LogP) is 5.72. The van der Waals surface area contributed by atoms with Crippen LogP contribution in [0.1, 0.15) is 117 Å². The Morgan fingerprint density at radius 2 is 1.18 bits per heavy atom. The zero-order valence-electron chi connectivity index (χ0n) is 18.4. The largest absolute Gasteiger partial charge is 0.462 e. The lowest BCUT2D eigenvalue weighted by atomic mass is 10.0. The third-order valence-electron chi connectivity index (χ3n) is 4.87. The zero-order valence-corrected chi connectivity index (χ0v) is 18.4. The summed E-state index contributed by atoms with van der Waals surface area (Å²) in [6, 6.07) is 0. The lowest BCUT2D eigenvalue weighted by molar-refractivity contribution is -0.161. The van der Waals surface area contributed by atoms with E-state index in [4.69, 9.17) is 9.47 Å². The molecule has 5 nitrogen and oxygen atoms in total. The molecule has 166 valence electrons. The third kappa shape index (κ3) is 18.3. The highest BCUT2D eigenvalue weighted by Gasteiger charge is 2.15. The summed E-state index contributed by atoms with van der Waals surface area (Å²) in [5, 5.41) is 9.23. The molecule has 0 aliphatic heterocycles. The average Bonchev–Trinajstić information content (AvgIpc) is 2.68. The van der Waals surface area contributed by atoms with E-state index in [1.54, 1.807) is 0 Å². The molecule has 0 heterocycles. The topological polar surface area (TPSA) is 72.8 Å². The lowest BCUT2D eigenvalue weighted by Crippen LogP contribution is -2.28. The Morgan fingerprint density at radius 1 is 0.679 bits per heavy atom. The minimum Gasteiger partial charge on any atom is -0.462 e. The second-order valence-corrected chi connectivity index (χ2v) is 7.72. The van der Waals surface area contributed by atoms with Crippen molar-refractivity contribution in [1.82, 2.24) is 0 Å². The van der Waals surface area contributed by atoms with Gasteiger partial charge >= 0.3 is 11.9 Å². The van der Waals surface area contributed by atoms with Gasteiger partial charge in [0, 0.05) is 12.8 Å². The van der Waals surface area contributed by atoms with Crippen LogP contribution >= 0.6 is 0 Å². The number of ether oxygens (including phenoxy) is 2. The summed E-state index contributed by atoms with van der Waals surface area (Å²) in [6.07, 6.45) is 17.1. The summed E-state index contributed by atoms with van der Waals surface area (Å²) < 4.78 is 10.2. The number of hydrogen-bond donors (Lipinski definition) is 1. The maximum atomic E-state index is 11.8. The Bertz CT molecular complexity index is 370. The fraction of sp³-hybridized carbons (Fsp3) is 0.913. The van der Waals surface area contributed by atoms with Gasteiger partial charge in [-0.2, -0.15) is 0 Å². The number of esters is 2. The second kappa shape index (κ2) is 20.6. The summed E-state index contributed by atoms with van der Waals surface area (Å²) in [7, 11) is 0. The first-order chi connectivity index (χ1) is 13.6. The number of aliphatic hydroxyl groups excluding tert-OH is 1. The molecular weight excluding hydrogens is 356 g/mol. The van der Waals surface area contributed by atoms with Crippen molar-refractivity contribution in [3.8, 4) is 0 Å². The minimum atomic E-state index is -0.754. The Morgan fingerprint density at radius 3 is 1.64 bits per heavy atom. The van der Waals surface area contributed by atoms with E-state index in [0.717, 1.165) is 19.3 Å². The number of hydrogen-bond acceptors (Lipinski definition) is 5. The van der Waals surface area contributed by atoms with Gasteiger partial charge < -0.3 is 14.6 Å². The SMILES string of the molecule is CCCCCCCCCCCCCCCC(=O)OC(CO)COC(=O)CCC. The van der Waals surface area contributed by atoms with Crippen molar-refractivity contribution >= 4 is 11.9 Å². The first-order valence-corrected chi connectivity index (χ1v) is 11.6. The van der Waals surface area contributed by atoms with Crippen molar-refractivity contribution in [2.24, 2.45) is 0 Å². The van der Waals surface area contributed by atoms with Crippen molar-refractivity contribution in [3.05, 3.63) is 0 Å². The van der Waals surface area contributed by atoms with E-state index in [1.165, 1.54) is 64.2 Å². The smallest absolute Gasteiger partial charge is 0.306 e. The Kier molecular flexibility index (Phi) is 19.8. The van der Waals surface area contributed by atoms with Crippen molar-refractivity contribution in [2.75, 3.05) is 13.2 Å². The summed E-state index contributed by atoms with van der Waals surface area (Å²) in [5.74, 6) is -0.651. The molecule has 28 heavy (non-hydrogen) atoms. The summed E-state index contributed by atoms with van der Waals surface area (Å²) in [6.45, 7) is 3.74. The van der Waals surface area contributed by atoms with Crippen LogP contribution in [0.4, 0.5) is 0 Å². The van der Waals surface area contributed by atoms with E-state index in [0.29, 0.717) is 19.3 Å². The van der Waals surface area contributed by atoms with E-state index in [2.05, 4.69) is 6.92 Å². The van der Waals surface area contributed by atoms with Crippen LogP contribution in [0.3, 0.4) is 0 Å². The van der Waals surface area contributed by atoms with E-state index in [9.17, 15) is 14.7 Å². The van der Waals surface area contributed by atoms with Gasteiger partial charge in [-0.1, -0.05) is 90.9 Å². The van der Waals surface area contributed by atoms with Gasteiger partial charge in [0.25, 0.3) is 0 Å². The van der Waals surface area contributed by atoms with Crippen molar-refractivity contribution in [1.29, 1.82) is 0 Å². The molecule has 0 aliphatic carbocycles. The van der Waals surface area contributed by atoms with Crippen molar-refractivity contribution < 1.29 is 24.2 Å². The van der Waals surface area contributed by atoms with Crippen LogP contribution in [0.2, 0.25) is 0 Å². The molecule has 0 rings (SSSR count).